The summed E-state index contributed by atoms with van der Waals surface area (Å²) in [6.07, 6.45) is 17.9. The number of hydrogen-bond acceptors (Lipinski definition) is 4. The first-order valence-corrected chi connectivity index (χ1v) is 18.1. The summed E-state index contributed by atoms with van der Waals surface area (Å²) in [5.41, 5.74) is -2.86. The second kappa shape index (κ2) is 7.54. The summed E-state index contributed by atoms with van der Waals surface area (Å²) in [7, 11) is -4.36. The van der Waals surface area contributed by atoms with Crippen LogP contribution in [0.2, 0.25) is 0 Å². The SMILES string of the molecule is O=C(C12CC3CC(CC(C3)C1)C2)P(=O)(C(=O)C12CC3CC(CC(C3)C1)C2)C(=O)C12CC3CC(CC(C3)C1)C2. The molecule has 12 bridgehead atoms. The van der Waals surface area contributed by atoms with Crippen LogP contribution in [-0.2, 0) is 18.9 Å². The topological polar surface area (TPSA) is 68.3 Å². The van der Waals surface area contributed by atoms with Crippen molar-refractivity contribution in [2.45, 2.75) is 116 Å². The van der Waals surface area contributed by atoms with Gasteiger partial charge in [0.25, 0.3) is 7.14 Å². The maximum Gasteiger partial charge on any atom is 0.274 e. The summed E-state index contributed by atoms with van der Waals surface area (Å²) in [6, 6.07) is 0. The van der Waals surface area contributed by atoms with Gasteiger partial charge in [-0.2, -0.15) is 0 Å². The Morgan fingerprint density at radius 3 is 0.684 bits per heavy atom. The molecular weight excluding hydrogens is 491 g/mol. The van der Waals surface area contributed by atoms with Crippen LogP contribution in [0.1, 0.15) is 116 Å². The Hall–Kier alpha value is -0.760. The summed E-state index contributed by atoms with van der Waals surface area (Å²) < 4.78 is 15.8. The van der Waals surface area contributed by atoms with Gasteiger partial charge in [-0.05, 0) is 169 Å². The third-order valence-corrected chi connectivity index (χ3v) is 17.5. The van der Waals surface area contributed by atoms with Gasteiger partial charge in [-0.25, -0.2) is 0 Å². The van der Waals surface area contributed by atoms with Crippen LogP contribution in [0, 0.1) is 69.5 Å². The van der Waals surface area contributed by atoms with E-state index in [1.165, 1.54) is 57.8 Å². The highest BCUT2D eigenvalue weighted by atomic mass is 31.2. The number of rotatable bonds is 6. The van der Waals surface area contributed by atoms with Crippen LogP contribution in [0.4, 0.5) is 0 Å². The third-order valence-electron chi connectivity index (χ3n) is 14.3. The highest BCUT2D eigenvalue weighted by Crippen LogP contribution is 2.74. The van der Waals surface area contributed by atoms with Gasteiger partial charge in [-0.1, -0.05) is 0 Å². The maximum atomic E-state index is 15.8. The molecule has 0 unspecified atom stereocenters. The zero-order chi connectivity index (χ0) is 25.7. The molecule has 0 aromatic heterocycles. The molecule has 0 aliphatic heterocycles. The predicted octanol–water partition coefficient (Wildman–Crippen LogP) is 7.58. The van der Waals surface area contributed by atoms with Gasteiger partial charge in [-0.15, -0.1) is 0 Å². The Morgan fingerprint density at radius 2 is 0.526 bits per heavy atom. The molecule has 12 aliphatic carbocycles. The quantitative estimate of drug-likeness (QED) is 0.328. The van der Waals surface area contributed by atoms with Crippen molar-refractivity contribution in [1.29, 1.82) is 0 Å². The Kier molecular flexibility index (Phi) is 4.74. The van der Waals surface area contributed by atoms with Gasteiger partial charge in [0, 0.05) is 16.2 Å². The molecule has 5 heteroatoms. The van der Waals surface area contributed by atoms with Gasteiger partial charge >= 0.3 is 0 Å². The van der Waals surface area contributed by atoms with Gasteiger partial charge in [0.2, 0.25) is 16.6 Å². The standard InChI is InChI=1S/C33H45O4P/c34-28(31-10-19-1-20(11-31)3-21(2-19)12-31)38(37,29(35)32-13-22-4-23(14-32)6-24(5-22)15-32)30(36)33-16-25-7-26(17-33)9-27(8-25)18-33/h19-27H,1-18H2. The van der Waals surface area contributed by atoms with Crippen LogP contribution in [-0.4, -0.2) is 16.6 Å². The number of carbonyl (C=O) groups is 3. The van der Waals surface area contributed by atoms with Crippen molar-refractivity contribution in [3.63, 3.8) is 0 Å². The van der Waals surface area contributed by atoms with Gasteiger partial charge < -0.3 is 0 Å². The molecule has 12 fully saturated rings. The molecule has 0 spiro atoms. The van der Waals surface area contributed by atoms with Crippen LogP contribution < -0.4 is 0 Å². The molecule has 0 aromatic carbocycles. The van der Waals surface area contributed by atoms with Crippen molar-refractivity contribution in [2.75, 3.05) is 0 Å². The van der Waals surface area contributed by atoms with E-state index in [4.69, 9.17) is 0 Å². The van der Waals surface area contributed by atoms with E-state index in [2.05, 4.69) is 0 Å². The van der Waals surface area contributed by atoms with E-state index >= 15 is 18.9 Å². The van der Waals surface area contributed by atoms with E-state index in [0.717, 1.165) is 57.8 Å². The minimum absolute atomic E-state index is 0.300. The van der Waals surface area contributed by atoms with E-state index < -0.39 is 23.4 Å². The Balaban J connectivity index is 1.16. The van der Waals surface area contributed by atoms with Gasteiger partial charge in [0.1, 0.15) is 0 Å². The first-order chi connectivity index (χ1) is 18.2. The summed E-state index contributed by atoms with van der Waals surface area (Å²) in [5, 5.41) is 0. The predicted molar refractivity (Wildman–Crippen MR) is 144 cm³/mol. The highest BCUT2D eigenvalue weighted by molar-refractivity contribution is 8.06. The molecule has 12 rings (SSSR count). The number of hydrogen-bond donors (Lipinski definition) is 0. The largest absolute Gasteiger partial charge is 0.299 e. The average molecular weight is 537 g/mol. The zero-order valence-corrected chi connectivity index (χ0v) is 23.9. The molecule has 0 amide bonds. The van der Waals surface area contributed by atoms with Crippen molar-refractivity contribution < 1.29 is 18.9 Å². The smallest absolute Gasteiger partial charge is 0.274 e. The van der Waals surface area contributed by atoms with Crippen LogP contribution in [0.3, 0.4) is 0 Å². The van der Waals surface area contributed by atoms with Crippen LogP contribution >= 0.6 is 7.14 Å². The molecule has 0 atom stereocenters. The molecular formula is C33H45O4P. The minimum atomic E-state index is -4.36. The second-order valence-corrected chi connectivity index (χ2v) is 19.6. The fraction of sp³-hybridized carbons (Fsp3) is 0.909. The monoisotopic (exact) mass is 536 g/mol. The lowest BCUT2D eigenvalue weighted by atomic mass is 9.50. The molecule has 0 aromatic rings. The van der Waals surface area contributed by atoms with E-state index in [9.17, 15) is 0 Å². The summed E-state index contributed by atoms with van der Waals surface area (Å²) >= 11 is 0. The van der Waals surface area contributed by atoms with Crippen molar-refractivity contribution in [3.8, 4) is 0 Å². The Bertz CT molecular complexity index is 931. The fourth-order valence-corrected chi connectivity index (χ4v) is 17.8. The summed E-state index contributed by atoms with van der Waals surface area (Å²) in [4.78, 5) is 45.2. The fourth-order valence-electron chi connectivity index (χ4n) is 14.4. The molecule has 12 saturated carbocycles. The molecule has 206 valence electrons. The Morgan fingerprint density at radius 1 is 0.368 bits per heavy atom. The molecule has 38 heavy (non-hydrogen) atoms. The summed E-state index contributed by atoms with van der Waals surface area (Å²) in [6.45, 7) is 0. The van der Waals surface area contributed by atoms with Crippen molar-refractivity contribution >= 4 is 23.7 Å². The maximum absolute atomic E-state index is 15.8. The molecule has 0 heterocycles. The van der Waals surface area contributed by atoms with Crippen molar-refractivity contribution in [2.24, 2.45) is 69.5 Å². The first-order valence-electron chi connectivity index (χ1n) is 16.4. The molecule has 0 N–H and O–H groups in total. The number of carbonyl (C=O) groups excluding carboxylic acids is 3. The first kappa shape index (κ1) is 23.9. The van der Waals surface area contributed by atoms with E-state index in [-0.39, 0.29) is 16.6 Å². The minimum Gasteiger partial charge on any atom is -0.299 e. The van der Waals surface area contributed by atoms with Gasteiger partial charge in [0.05, 0.1) is 0 Å². The van der Waals surface area contributed by atoms with E-state index in [1.807, 2.05) is 0 Å². The summed E-state index contributed by atoms with van der Waals surface area (Å²) in [5.74, 6) is 4.77. The Labute approximate surface area is 227 Å². The van der Waals surface area contributed by atoms with E-state index in [0.29, 0.717) is 53.3 Å². The lowest BCUT2D eigenvalue weighted by molar-refractivity contribution is -0.143. The average Bonchev–Trinajstić information content (AvgIpc) is 2.84. The third kappa shape index (κ3) is 3.06. The lowest BCUT2D eigenvalue weighted by Gasteiger charge is -2.59. The molecule has 0 radical (unpaired) electrons. The van der Waals surface area contributed by atoms with Gasteiger partial charge in [-0.3, -0.25) is 18.9 Å². The van der Waals surface area contributed by atoms with Gasteiger partial charge in [0.15, 0.2) is 0 Å². The molecule has 4 nitrogen and oxygen atoms in total. The zero-order valence-electron chi connectivity index (χ0n) is 23.0. The lowest BCUT2D eigenvalue weighted by Crippen LogP contribution is -2.56. The van der Waals surface area contributed by atoms with Crippen LogP contribution in [0.25, 0.3) is 0 Å². The van der Waals surface area contributed by atoms with Crippen molar-refractivity contribution in [3.05, 3.63) is 0 Å². The normalized spacial score (nSPS) is 56.3. The second-order valence-electron chi connectivity index (χ2n) is 17.1. The van der Waals surface area contributed by atoms with Crippen LogP contribution in [0.5, 0.6) is 0 Å². The van der Waals surface area contributed by atoms with E-state index in [1.54, 1.807) is 0 Å². The molecule has 12 aliphatic rings. The van der Waals surface area contributed by atoms with Crippen molar-refractivity contribution in [1.82, 2.24) is 0 Å². The molecule has 0 saturated heterocycles. The highest BCUT2D eigenvalue weighted by Gasteiger charge is 2.70. The van der Waals surface area contributed by atoms with Crippen LogP contribution in [0.15, 0.2) is 0 Å².